The molecule has 144 valence electrons. The summed E-state index contributed by atoms with van der Waals surface area (Å²) in [4.78, 5) is 16.6. The lowest BCUT2D eigenvalue weighted by Crippen LogP contribution is -2.37. The Bertz CT molecular complexity index is 870. The minimum Gasteiger partial charge on any atom is -0.445 e. The number of rotatable bonds is 6. The number of aromatic amines is 1. The third kappa shape index (κ3) is 5.27. The number of allylic oxidation sites excluding steroid dienone is 1. The van der Waals surface area contributed by atoms with Gasteiger partial charge in [0.15, 0.2) is 5.69 Å². The van der Waals surface area contributed by atoms with Crippen LogP contribution in [0.2, 0.25) is 0 Å². The Morgan fingerprint density at radius 3 is 2.74 bits per heavy atom. The molecule has 2 unspecified atom stereocenters. The predicted molar refractivity (Wildman–Crippen MR) is 108 cm³/mol. The molecule has 0 aliphatic rings. The number of nitrogens with zero attached hydrogens (tertiary/aromatic N) is 2. The topological polar surface area (TPSA) is 95.8 Å². The lowest BCUT2D eigenvalue weighted by Gasteiger charge is -2.17. The van der Waals surface area contributed by atoms with Crippen molar-refractivity contribution in [3.8, 4) is 11.5 Å². The predicted octanol–water partition coefficient (Wildman–Crippen LogP) is 3.53. The van der Waals surface area contributed by atoms with Gasteiger partial charge >= 0.3 is 0 Å². The number of hydrogen-bond donors (Lipinski definition) is 3. The lowest BCUT2D eigenvalue weighted by molar-refractivity contribution is 0.0933. The first-order valence-electron chi connectivity index (χ1n) is 8.93. The molecule has 27 heavy (non-hydrogen) atoms. The molecule has 0 spiro atoms. The highest BCUT2D eigenvalue weighted by Crippen LogP contribution is 2.24. The van der Waals surface area contributed by atoms with Crippen LogP contribution in [0.5, 0.6) is 0 Å². The van der Waals surface area contributed by atoms with Gasteiger partial charge in [0.25, 0.3) is 5.91 Å². The summed E-state index contributed by atoms with van der Waals surface area (Å²) in [7, 11) is 1.91. The van der Waals surface area contributed by atoms with Crippen LogP contribution in [0.15, 0.2) is 47.7 Å². The Hall–Kier alpha value is -2.93. The minimum atomic E-state index is -0.180. The Morgan fingerprint density at radius 1 is 1.37 bits per heavy atom. The molecule has 2 heterocycles. The third-order valence-corrected chi connectivity index (χ3v) is 4.03. The van der Waals surface area contributed by atoms with E-state index in [2.05, 4.69) is 39.3 Å². The molecular weight excluding hydrogens is 342 g/mol. The fourth-order valence-electron chi connectivity index (χ4n) is 2.69. The van der Waals surface area contributed by atoms with Crippen LogP contribution in [-0.2, 0) is 0 Å². The number of oxazole rings is 1. The molecule has 1 aromatic carbocycles. The SMILES string of the molecule is C=CC.CNC(C)CC(C)NC(=O)c1n[nH]c2cc(-c3ncco3)ccc12. The number of fused-ring (bicyclic) bond motifs is 1. The Balaban J connectivity index is 0.000000817. The van der Waals surface area contributed by atoms with Crippen LogP contribution in [0.25, 0.3) is 22.4 Å². The van der Waals surface area contributed by atoms with E-state index in [0.717, 1.165) is 22.9 Å². The average Bonchev–Trinajstić information content (AvgIpc) is 3.31. The largest absolute Gasteiger partial charge is 0.445 e. The number of amides is 1. The molecule has 2 atom stereocenters. The van der Waals surface area contributed by atoms with Crippen molar-refractivity contribution < 1.29 is 9.21 Å². The van der Waals surface area contributed by atoms with Crippen molar-refractivity contribution in [3.63, 3.8) is 0 Å². The molecule has 3 N–H and O–H groups in total. The highest BCUT2D eigenvalue weighted by Gasteiger charge is 2.18. The minimum absolute atomic E-state index is 0.0540. The fraction of sp³-hybridized carbons (Fsp3) is 0.350. The van der Waals surface area contributed by atoms with Crippen molar-refractivity contribution in [1.82, 2.24) is 25.8 Å². The van der Waals surface area contributed by atoms with Gasteiger partial charge in [-0.15, -0.1) is 6.58 Å². The first-order chi connectivity index (χ1) is 13.0. The Labute approximate surface area is 159 Å². The van der Waals surface area contributed by atoms with Gasteiger partial charge in [-0.1, -0.05) is 6.08 Å². The van der Waals surface area contributed by atoms with Gasteiger partial charge in [0.1, 0.15) is 6.26 Å². The van der Waals surface area contributed by atoms with Crippen LogP contribution in [0, 0.1) is 0 Å². The Kier molecular flexibility index (Phi) is 7.31. The molecule has 3 rings (SSSR count). The molecule has 7 heteroatoms. The zero-order valence-electron chi connectivity index (χ0n) is 16.2. The van der Waals surface area contributed by atoms with E-state index >= 15 is 0 Å². The molecule has 0 fully saturated rings. The summed E-state index contributed by atoms with van der Waals surface area (Å²) in [5.74, 6) is 0.355. The van der Waals surface area contributed by atoms with Crippen molar-refractivity contribution in [2.45, 2.75) is 39.3 Å². The van der Waals surface area contributed by atoms with Gasteiger partial charge in [-0.05, 0) is 52.4 Å². The second-order valence-electron chi connectivity index (χ2n) is 6.38. The molecule has 1 amide bonds. The van der Waals surface area contributed by atoms with Gasteiger partial charge in [0.05, 0.1) is 11.7 Å². The van der Waals surface area contributed by atoms with E-state index in [9.17, 15) is 4.79 Å². The van der Waals surface area contributed by atoms with Crippen LogP contribution in [0.1, 0.15) is 37.7 Å². The molecule has 0 saturated carbocycles. The van der Waals surface area contributed by atoms with Crippen LogP contribution in [-0.4, -0.2) is 40.2 Å². The van der Waals surface area contributed by atoms with Gasteiger partial charge in [0, 0.05) is 23.0 Å². The maximum atomic E-state index is 12.5. The van der Waals surface area contributed by atoms with Crippen molar-refractivity contribution in [1.29, 1.82) is 0 Å². The molecule has 3 aromatic rings. The fourth-order valence-corrected chi connectivity index (χ4v) is 2.69. The zero-order chi connectivity index (χ0) is 19.8. The normalized spacial score (nSPS) is 12.7. The van der Waals surface area contributed by atoms with Crippen LogP contribution in [0.3, 0.4) is 0 Å². The van der Waals surface area contributed by atoms with Crippen LogP contribution >= 0.6 is 0 Å². The summed E-state index contributed by atoms with van der Waals surface area (Å²) in [5.41, 5.74) is 2.00. The summed E-state index contributed by atoms with van der Waals surface area (Å²) in [6.07, 6.45) is 5.72. The number of hydrogen-bond acceptors (Lipinski definition) is 5. The second-order valence-corrected chi connectivity index (χ2v) is 6.38. The first kappa shape index (κ1) is 20.4. The van der Waals surface area contributed by atoms with Gasteiger partial charge in [-0.25, -0.2) is 4.98 Å². The van der Waals surface area contributed by atoms with Crippen molar-refractivity contribution in [2.75, 3.05) is 7.05 Å². The van der Waals surface area contributed by atoms with Crippen molar-refractivity contribution in [3.05, 3.63) is 49.0 Å². The zero-order valence-corrected chi connectivity index (χ0v) is 16.2. The number of nitrogens with one attached hydrogen (secondary N) is 3. The summed E-state index contributed by atoms with van der Waals surface area (Å²) in [6, 6.07) is 5.98. The number of H-pyrrole nitrogens is 1. The highest BCUT2D eigenvalue weighted by molar-refractivity contribution is 6.05. The summed E-state index contributed by atoms with van der Waals surface area (Å²) in [6.45, 7) is 9.32. The smallest absolute Gasteiger partial charge is 0.272 e. The summed E-state index contributed by atoms with van der Waals surface area (Å²) in [5, 5.41) is 14.0. The maximum absolute atomic E-state index is 12.5. The average molecular weight is 369 g/mol. The van der Waals surface area contributed by atoms with E-state index in [-0.39, 0.29) is 11.9 Å². The molecule has 7 nitrogen and oxygen atoms in total. The third-order valence-electron chi connectivity index (χ3n) is 4.03. The monoisotopic (exact) mass is 369 g/mol. The highest BCUT2D eigenvalue weighted by atomic mass is 16.3. The molecule has 0 aliphatic heterocycles. The van der Waals surface area contributed by atoms with E-state index in [1.165, 1.54) is 6.26 Å². The van der Waals surface area contributed by atoms with E-state index in [1.807, 2.05) is 39.1 Å². The number of carbonyl (C=O) groups excluding carboxylic acids is 1. The second kappa shape index (κ2) is 9.68. The molecule has 2 aromatic heterocycles. The summed E-state index contributed by atoms with van der Waals surface area (Å²) >= 11 is 0. The molecule has 0 radical (unpaired) electrons. The van der Waals surface area contributed by atoms with E-state index < -0.39 is 0 Å². The van der Waals surface area contributed by atoms with Gasteiger partial charge in [0.2, 0.25) is 5.89 Å². The quantitative estimate of drug-likeness (QED) is 0.578. The lowest BCUT2D eigenvalue weighted by atomic mass is 10.1. The number of benzene rings is 1. The number of carbonyl (C=O) groups is 1. The number of aromatic nitrogens is 3. The van der Waals surface area contributed by atoms with Gasteiger partial charge in [-0.3, -0.25) is 9.89 Å². The van der Waals surface area contributed by atoms with E-state index in [1.54, 1.807) is 12.3 Å². The molecule has 0 bridgehead atoms. The van der Waals surface area contributed by atoms with Crippen LogP contribution < -0.4 is 10.6 Å². The molecular formula is C20H27N5O2. The van der Waals surface area contributed by atoms with E-state index in [4.69, 9.17) is 4.42 Å². The Morgan fingerprint density at radius 2 is 2.11 bits per heavy atom. The first-order valence-corrected chi connectivity index (χ1v) is 8.93. The van der Waals surface area contributed by atoms with Crippen molar-refractivity contribution >= 4 is 16.8 Å². The van der Waals surface area contributed by atoms with Gasteiger partial charge < -0.3 is 15.1 Å². The standard InChI is InChI=1S/C17H21N5O2.C3H6/c1-10(18-3)8-11(2)20-16(23)15-13-5-4-12(9-14(13)21-22-15)17-19-6-7-24-17;1-3-2/h4-7,9-11,18H,8H2,1-3H3,(H,20,23)(H,21,22);3H,1H2,2H3. The molecule has 0 saturated heterocycles. The van der Waals surface area contributed by atoms with Gasteiger partial charge in [-0.2, -0.15) is 5.10 Å². The van der Waals surface area contributed by atoms with Crippen LogP contribution in [0.4, 0.5) is 0 Å². The van der Waals surface area contributed by atoms with E-state index in [0.29, 0.717) is 17.6 Å². The summed E-state index contributed by atoms with van der Waals surface area (Å²) < 4.78 is 5.29. The maximum Gasteiger partial charge on any atom is 0.272 e. The van der Waals surface area contributed by atoms with Crippen molar-refractivity contribution in [2.24, 2.45) is 0 Å². The molecule has 0 aliphatic carbocycles.